The highest BCUT2D eigenvalue weighted by atomic mass is 32.2. The van der Waals surface area contributed by atoms with Crippen molar-refractivity contribution in [1.29, 1.82) is 0 Å². The molecule has 0 spiro atoms. The van der Waals surface area contributed by atoms with Gasteiger partial charge in [0.1, 0.15) is 5.03 Å². The molecule has 3 aliphatic rings. The maximum atomic E-state index is 12.9. The Bertz CT molecular complexity index is 1010. The number of para-hydroxylation sites is 1. The number of thioether (sulfide) groups is 1. The lowest BCUT2D eigenvalue weighted by Gasteiger charge is -2.36. The second-order valence-electron chi connectivity index (χ2n) is 8.72. The summed E-state index contributed by atoms with van der Waals surface area (Å²) in [6, 6.07) is 10.3. The van der Waals surface area contributed by atoms with Crippen molar-refractivity contribution in [3.05, 3.63) is 52.1 Å². The molecule has 1 amide bonds. The van der Waals surface area contributed by atoms with Crippen LogP contribution in [0.1, 0.15) is 30.5 Å². The Hall–Kier alpha value is -2.32. The van der Waals surface area contributed by atoms with Crippen molar-refractivity contribution in [2.24, 2.45) is 0 Å². The first kappa shape index (κ1) is 21.5. The summed E-state index contributed by atoms with van der Waals surface area (Å²) < 4.78 is 7.56. The van der Waals surface area contributed by atoms with Gasteiger partial charge in [-0.05, 0) is 44.2 Å². The van der Waals surface area contributed by atoms with E-state index in [1.807, 2.05) is 27.7 Å². The van der Waals surface area contributed by atoms with Crippen molar-refractivity contribution in [3.63, 3.8) is 0 Å². The van der Waals surface area contributed by atoms with Crippen LogP contribution in [0.15, 0.2) is 40.2 Å². The van der Waals surface area contributed by atoms with Crippen molar-refractivity contribution < 1.29 is 9.53 Å². The topological polar surface area (TPSA) is 67.7 Å². The molecule has 0 N–H and O–H groups in total. The van der Waals surface area contributed by atoms with Crippen LogP contribution in [0.3, 0.4) is 0 Å². The van der Waals surface area contributed by atoms with E-state index in [0.29, 0.717) is 12.3 Å². The van der Waals surface area contributed by atoms with Gasteiger partial charge in [-0.15, -0.1) is 0 Å². The van der Waals surface area contributed by atoms with Gasteiger partial charge in [-0.2, -0.15) is 4.98 Å². The van der Waals surface area contributed by atoms with Gasteiger partial charge in [0, 0.05) is 49.7 Å². The third-order valence-electron chi connectivity index (χ3n) is 6.70. The molecule has 0 radical (unpaired) electrons. The average Bonchev–Trinajstić information content (AvgIpc) is 3.52. The van der Waals surface area contributed by atoms with Gasteiger partial charge in [0.25, 0.3) is 0 Å². The molecule has 8 heteroatoms. The van der Waals surface area contributed by atoms with Gasteiger partial charge in [0.15, 0.2) is 0 Å². The molecule has 2 saturated heterocycles. The summed E-state index contributed by atoms with van der Waals surface area (Å²) in [6.07, 6.45) is 5.06. The zero-order valence-corrected chi connectivity index (χ0v) is 19.2. The number of nitrogens with zero attached hydrogens (tertiary/aromatic N) is 4. The van der Waals surface area contributed by atoms with E-state index in [4.69, 9.17) is 4.74 Å². The average molecular weight is 455 g/mol. The minimum Gasteiger partial charge on any atom is -0.376 e. The summed E-state index contributed by atoms with van der Waals surface area (Å²) in [7, 11) is 0. The van der Waals surface area contributed by atoms with E-state index in [1.54, 1.807) is 0 Å². The number of aromatic nitrogens is 2. The zero-order chi connectivity index (χ0) is 21.9. The van der Waals surface area contributed by atoms with Crippen LogP contribution in [-0.4, -0.2) is 65.0 Å². The van der Waals surface area contributed by atoms with Crippen LogP contribution in [-0.2, 0) is 28.9 Å². The van der Waals surface area contributed by atoms with Crippen LogP contribution < -0.4 is 10.6 Å². The van der Waals surface area contributed by atoms with E-state index in [0.717, 1.165) is 81.2 Å². The van der Waals surface area contributed by atoms with Gasteiger partial charge in [0.05, 0.1) is 18.4 Å². The normalized spacial score (nSPS) is 20.6. The number of carbonyl (C=O) groups excluding carboxylic acids is 1. The fourth-order valence-corrected chi connectivity index (χ4v) is 5.94. The molecule has 1 aromatic carbocycles. The van der Waals surface area contributed by atoms with E-state index in [9.17, 15) is 9.59 Å². The van der Waals surface area contributed by atoms with E-state index in [1.165, 1.54) is 17.4 Å². The quantitative estimate of drug-likeness (QED) is 0.493. The summed E-state index contributed by atoms with van der Waals surface area (Å²) in [5.74, 6) is 0.458. The summed E-state index contributed by atoms with van der Waals surface area (Å²) in [6.45, 7) is 4.51. The Kier molecular flexibility index (Phi) is 6.50. The highest BCUT2D eigenvalue weighted by Crippen LogP contribution is 2.30. The summed E-state index contributed by atoms with van der Waals surface area (Å²) >= 11 is 1.43. The van der Waals surface area contributed by atoms with Gasteiger partial charge >= 0.3 is 5.69 Å². The molecule has 5 rings (SSSR count). The molecule has 2 aromatic rings. The largest absolute Gasteiger partial charge is 0.376 e. The van der Waals surface area contributed by atoms with Crippen LogP contribution >= 0.6 is 11.8 Å². The SMILES string of the molecule is O=C(CSc1nc(=O)n(C[C@H]2CCCO2)c2c1CCC2)N1CCN(c2ccccc2)CC1. The molecule has 32 heavy (non-hydrogen) atoms. The highest BCUT2D eigenvalue weighted by molar-refractivity contribution is 7.99. The standard InChI is InChI=1S/C24H30N4O3S/c29-22(27-13-11-26(12-14-27)18-6-2-1-3-7-18)17-32-23-20-9-4-10-21(20)28(24(30)25-23)16-19-8-5-15-31-19/h1-3,6-7,19H,4-5,8-17H2/t19-/m1/s1. The number of anilines is 1. The van der Waals surface area contributed by atoms with E-state index >= 15 is 0 Å². The second kappa shape index (κ2) is 9.67. The molecule has 2 fully saturated rings. The minimum absolute atomic E-state index is 0.119. The lowest BCUT2D eigenvalue weighted by molar-refractivity contribution is -0.128. The first-order valence-corrected chi connectivity index (χ1v) is 12.6. The molecule has 170 valence electrons. The van der Waals surface area contributed by atoms with Crippen molar-refractivity contribution in [1.82, 2.24) is 14.5 Å². The number of hydrogen-bond donors (Lipinski definition) is 0. The maximum absolute atomic E-state index is 12.9. The Morgan fingerprint density at radius 1 is 1.09 bits per heavy atom. The number of fused-ring (bicyclic) bond motifs is 1. The van der Waals surface area contributed by atoms with Crippen LogP contribution in [0.4, 0.5) is 5.69 Å². The first-order chi connectivity index (χ1) is 15.7. The zero-order valence-electron chi connectivity index (χ0n) is 18.4. The van der Waals surface area contributed by atoms with Gasteiger partial charge in [-0.25, -0.2) is 4.79 Å². The Morgan fingerprint density at radius 2 is 1.91 bits per heavy atom. The first-order valence-electron chi connectivity index (χ1n) is 11.6. The molecule has 7 nitrogen and oxygen atoms in total. The number of benzene rings is 1. The van der Waals surface area contributed by atoms with Crippen molar-refractivity contribution >= 4 is 23.4 Å². The lowest BCUT2D eigenvalue weighted by atomic mass is 10.2. The molecular formula is C24H30N4O3S. The van der Waals surface area contributed by atoms with Crippen LogP contribution in [0.25, 0.3) is 0 Å². The molecular weight excluding hydrogens is 424 g/mol. The fourth-order valence-electron chi connectivity index (χ4n) is 4.96. The summed E-state index contributed by atoms with van der Waals surface area (Å²) in [5.41, 5.74) is 3.27. The van der Waals surface area contributed by atoms with Gasteiger partial charge in [0.2, 0.25) is 5.91 Å². The number of carbonyl (C=O) groups is 1. The molecule has 3 heterocycles. The fraction of sp³-hybridized carbons (Fsp3) is 0.542. The predicted molar refractivity (Wildman–Crippen MR) is 125 cm³/mol. The van der Waals surface area contributed by atoms with Gasteiger partial charge in [-0.3, -0.25) is 9.36 Å². The van der Waals surface area contributed by atoms with Crippen LogP contribution in [0.5, 0.6) is 0 Å². The number of piperazine rings is 1. The third-order valence-corrected chi connectivity index (χ3v) is 7.70. The number of ether oxygens (including phenoxy) is 1. The predicted octanol–water partition coefficient (Wildman–Crippen LogP) is 2.35. The number of amides is 1. The molecule has 1 atom stereocenters. The van der Waals surface area contributed by atoms with E-state index in [2.05, 4.69) is 22.0 Å². The summed E-state index contributed by atoms with van der Waals surface area (Å²) in [4.78, 5) is 34.3. The van der Waals surface area contributed by atoms with Crippen molar-refractivity contribution in [2.75, 3.05) is 43.4 Å². The van der Waals surface area contributed by atoms with Crippen molar-refractivity contribution in [3.8, 4) is 0 Å². The monoisotopic (exact) mass is 454 g/mol. The molecule has 0 saturated carbocycles. The Balaban J connectivity index is 1.21. The van der Waals surface area contributed by atoms with Crippen LogP contribution in [0, 0.1) is 0 Å². The second-order valence-corrected chi connectivity index (χ2v) is 9.68. The summed E-state index contributed by atoms with van der Waals surface area (Å²) in [5, 5.41) is 0.752. The molecule has 0 bridgehead atoms. The Labute approximate surface area is 192 Å². The lowest BCUT2D eigenvalue weighted by Crippen LogP contribution is -2.49. The smallest absolute Gasteiger partial charge is 0.348 e. The Morgan fingerprint density at radius 3 is 2.66 bits per heavy atom. The number of rotatable bonds is 6. The van der Waals surface area contributed by atoms with E-state index in [-0.39, 0.29) is 17.7 Å². The van der Waals surface area contributed by atoms with Gasteiger partial charge < -0.3 is 14.5 Å². The highest BCUT2D eigenvalue weighted by Gasteiger charge is 2.26. The van der Waals surface area contributed by atoms with Crippen molar-refractivity contribution in [2.45, 2.75) is 49.8 Å². The third kappa shape index (κ3) is 4.57. The molecule has 2 aliphatic heterocycles. The van der Waals surface area contributed by atoms with Gasteiger partial charge in [-0.1, -0.05) is 30.0 Å². The van der Waals surface area contributed by atoms with E-state index < -0.39 is 0 Å². The minimum atomic E-state index is -0.201. The molecule has 1 aliphatic carbocycles. The maximum Gasteiger partial charge on any atom is 0.348 e. The molecule has 1 aromatic heterocycles. The molecule has 0 unspecified atom stereocenters. The van der Waals surface area contributed by atoms with Crippen LogP contribution in [0.2, 0.25) is 0 Å². The number of hydrogen-bond acceptors (Lipinski definition) is 6.